The zero-order chi connectivity index (χ0) is 19.6. The number of fused-ring (bicyclic) bond motifs is 1. The van der Waals surface area contributed by atoms with Crippen molar-refractivity contribution in [3.8, 4) is 28.2 Å². The predicted molar refractivity (Wildman–Crippen MR) is 115 cm³/mol. The van der Waals surface area contributed by atoms with Crippen molar-refractivity contribution >= 4 is 22.9 Å². The summed E-state index contributed by atoms with van der Waals surface area (Å²) >= 11 is 1.48. The lowest BCUT2D eigenvalue weighted by atomic mass is 10.00. The van der Waals surface area contributed by atoms with Crippen LogP contribution in [-0.2, 0) is 0 Å². The number of rotatable bonds is 4. The van der Waals surface area contributed by atoms with Crippen molar-refractivity contribution < 1.29 is 9.52 Å². The summed E-state index contributed by atoms with van der Waals surface area (Å²) in [6.45, 7) is 0. The first-order valence-electron chi connectivity index (χ1n) is 9.15. The molecule has 0 radical (unpaired) electrons. The van der Waals surface area contributed by atoms with Crippen molar-refractivity contribution in [1.82, 2.24) is 9.97 Å². The fourth-order valence-electron chi connectivity index (χ4n) is 3.32. The Kier molecular flexibility index (Phi) is 4.50. The SMILES string of the molecule is Oc1cccc(Sc2ncnc3oc(-c4ccccc4)c(-c4ccccc4)c23)c1. The van der Waals surface area contributed by atoms with Crippen molar-refractivity contribution in [2.24, 2.45) is 0 Å². The van der Waals surface area contributed by atoms with Crippen LogP contribution in [0, 0.1) is 0 Å². The molecule has 0 atom stereocenters. The van der Waals surface area contributed by atoms with Crippen molar-refractivity contribution in [2.45, 2.75) is 9.92 Å². The molecule has 0 aliphatic rings. The standard InChI is InChI=1S/C24H16N2O2S/c27-18-12-7-13-19(14-18)29-24-21-20(16-8-3-1-4-9-16)22(17-10-5-2-6-11-17)28-23(21)25-15-26-24/h1-15,27H. The van der Waals surface area contributed by atoms with E-state index in [1.807, 2.05) is 60.7 Å². The van der Waals surface area contributed by atoms with E-state index in [9.17, 15) is 5.11 Å². The number of furan rings is 1. The molecule has 2 aromatic heterocycles. The van der Waals surface area contributed by atoms with Crippen LogP contribution in [0.5, 0.6) is 5.75 Å². The van der Waals surface area contributed by atoms with Gasteiger partial charge in [0, 0.05) is 16.0 Å². The van der Waals surface area contributed by atoms with Gasteiger partial charge in [-0.15, -0.1) is 0 Å². The third kappa shape index (κ3) is 3.37. The quantitative estimate of drug-likeness (QED) is 0.356. The van der Waals surface area contributed by atoms with Gasteiger partial charge in [0.1, 0.15) is 22.9 Å². The van der Waals surface area contributed by atoms with Crippen LogP contribution in [0.15, 0.2) is 106 Å². The molecular weight excluding hydrogens is 380 g/mol. The molecule has 3 aromatic carbocycles. The molecule has 1 N–H and O–H groups in total. The van der Waals surface area contributed by atoms with Gasteiger partial charge in [-0.2, -0.15) is 0 Å². The van der Waals surface area contributed by atoms with Gasteiger partial charge in [0.2, 0.25) is 5.71 Å². The van der Waals surface area contributed by atoms with E-state index in [0.717, 1.165) is 37.8 Å². The highest BCUT2D eigenvalue weighted by Gasteiger charge is 2.22. The van der Waals surface area contributed by atoms with Crippen LogP contribution in [0.25, 0.3) is 33.6 Å². The summed E-state index contributed by atoms with van der Waals surface area (Å²) in [6.07, 6.45) is 1.51. The fraction of sp³-hybridized carbons (Fsp3) is 0. The molecule has 5 heteroatoms. The van der Waals surface area contributed by atoms with Crippen molar-refractivity contribution in [3.05, 3.63) is 91.3 Å². The van der Waals surface area contributed by atoms with E-state index >= 15 is 0 Å². The summed E-state index contributed by atoms with van der Waals surface area (Å²) in [5, 5.41) is 11.5. The number of hydrogen-bond acceptors (Lipinski definition) is 5. The number of aromatic hydroxyl groups is 1. The van der Waals surface area contributed by atoms with Gasteiger partial charge in [0.15, 0.2) is 0 Å². The smallest absolute Gasteiger partial charge is 0.231 e. The molecule has 0 aliphatic carbocycles. The highest BCUT2D eigenvalue weighted by Crippen LogP contribution is 2.44. The molecule has 2 heterocycles. The zero-order valence-corrected chi connectivity index (χ0v) is 16.1. The summed E-state index contributed by atoms with van der Waals surface area (Å²) < 4.78 is 6.23. The largest absolute Gasteiger partial charge is 0.508 e. The summed E-state index contributed by atoms with van der Waals surface area (Å²) in [5.74, 6) is 0.991. The molecule has 0 fully saturated rings. The van der Waals surface area contributed by atoms with Crippen molar-refractivity contribution in [1.29, 1.82) is 0 Å². The van der Waals surface area contributed by atoms with Gasteiger partial charge in [-0.05, 0) is 23.8 Å². The molecule has 0 aliphatic heterocycles. The second kappa shape index (κ2) is 7.45. The first-order chi connectivity index (χ1) is 14.3. The normalized spacial score (nSPS) is 11.0. The molecule has 29 heavy (non-hydrogen) atoms. The Morgan fingerprint density at radius 1 is 0.759 bits per heavy atom. The average molecular weight is 396 g/mol. The van der Waals surface area contributed by atoms with E-state index < -0.39 is 0 Å². The summed E-state index contributed by atoms with van der Waals surface area (Å²) in [6, 6.07) is 27.3. The van der Waals surface area contributed by atoms with Gasteiger partial charge in [0.05, 0.1) is 5.39 Å². The van der Waals surface area contributed by atoms with Crippen LogP contribution in [0.4, 0.5) is 0 Å². The molecule has 0 saturated carbocycles. The van der Waals surface area contributed by atoms with Crippen LogP contribution in [0.2, 0.25) is 0 Å². The Balaban J connectivity index is 1.77. The number of hydrogen-bond donors (Lipinski definition) is 1. The topological polar surface area (TPSA) is 59.2 Å². The maximum atomic E-state index is 9.83. The van der Waals surface area contributed by atoms with Crippen LogP contribution in [0.1, 0.15) is 0 Å². The Labute approximate surface area is 171 Å². The number of nitrogens with zero attached hydrogens (tertiary/aromatic N) is 2. The first kappa shape index (κ1) is 17.5. The molecule has 5 aromatic rings. The highest BCUT2D eigenvalue weighted by molar-refractivity contribution is 7.99. The van der Waals surface area contributed by atoms with Crippen molar-refractivity contribution in [3.63, 3.8) is 0 Å². The Morgan fingerprint density at radius 3 is 2.21 bits per heavy atom. The molecule has 5 rings (SSSR count). The third-order valence-corrected chi connectivity index (χ3v) is 5.58. The lowest BCUT2D eigenvalue weighted by Gasteiger charge is -2.06. The molecule has 0 saturated heterocycles. The van der Waals surface area contributed by atoms with E-state index in [2.05, 4.69) is 22.1 Å². The van der Waals surface area contributed by atoms with E-state index in [0.29, 0.717) is 5.71 Å². The lowest BCUT2D eigenvalue weighted by molar-refractivity contribution is 0.474. The molecule has 4 nitrogen and oxygen atoms in total. The molecule has 0 bridgehead atoms. The summed E-state index contributed by atoms with van der Waals surface area (Å²) in [4.78, 5) is 9.82. The monoisotopic (exact) mass is 396 g/mol. The number of phenolic OH excluding ortho intramolecular Hbond substituents is 1. The minimum absolute atomic E-state index is 0.223. The van der Waals surface area contributed by atoms with E-state index in [1.165, 1.54) is 18.1 Å². The van der Waals surface area contributed by atoms with E-state index in [-0.39, 0.29) is 5.75 Å². The fourth-order valence-corrected chi connectivity index (χ4v) is 4.26. The van der Waals surface area contributed by atoms with Crippen LogP contribution >= 0.6 is 11.8 Å². The maximum Gasteiger partial charge on any atom is 0.231 e. The first-order valence-corrected chi connectivity index (χ1v) is 9.96. The van der Waals surface area contributed by atoms with Crippen molar-refractivity contribution in [2.75, 3.05) is 0 Å². The maximum absolute atomic E-state index is 9.83. The van der Waals surface area contributed by atoms with Gasteiger partial charge >= 0.3 is 0 Å². The van der Waals surface area contributed by atoms with Crippen LogP contribution in [0.3, 0.4) is 0 Å². The van der Waals surface area contributed by atoms with Gasteiger partial charge in [-0.1, -0.05) is 78.5 Å². The Bertz CT molecular complexity index is 1280. The van der Waals surface area contributed by atoms with Crippen LogP contribution < -0.4 is 0 Å². The summed E-state index contributed by atoms with van der Waals surface area (Å²) in [5.41, 5.74) is 3.53. The van der Waals surface area contributed by atoms with E-state index in [4.69, 9.17) is 4.42 Å². The second-order valence-corrected chi connectivity index (χ2v) is 7.56. The minimum atomic E-state index is 0.223. The van der Waals surface area contributed by atoms with E-state index in [1.54, 1.807) is 12.1 Å². The Morgan fingerprint density at radius 2 is 1.48 bits per heavy atom. The van der Waals surface area contributed by atoms with Gasteiger partial charge in [0.25, 0.3) is 0 Å². The molecule has 0 amide bonds. The molecule has 0 unspecified atom stereocenters. The zero-order valence-electron chi connectivity index (χ0n) is 15.3. The molecule has 140 valence electrons. The van der Waals surface area contributed by atoms with Gasteiger partial charge < -0.3 is 9.52 Å². The summed E-state index contributed by atoms with van der Waals surface area (Å²) in [7, 11) is 0. The number of aromatic nitrogens is 2. The number of benzene rings is 3. The minimum Gasteiger partial charge on any atom is -0.508 e. The molecule has 0 spiro atoms. The van der Waals surface area contributed by atoms with Gasteiger partial charge in [-0.25, -0.2) is 9.97 Å². The Hall–Kier alpha value is -3.57. The van der Waals surface area contributed by atoms with Gasteiger partial charge in [-0.3, -0.25) is 0 Å². The lowest BCUT2D eigenvalue weighted by Crippen LogP contribution is -1.87. The molecular formula is C24H16N2O2S. The van der Waals surface area contributed by atoms with Crippen LogP contribution in [-0.4, -0.2) is 15.1 Å². The third-order valence-electron chi connectivity index (χ3n) is 4.58. The number of phenols is 1. The average Bonchev–Trinajstić information content (AvgIpc) is 3.16. The predicted octanol–water partition coefficient (Wildman–Crippen LogP) is 6.41. The highest BCUT2D eigenvalue weighted by atomic mass is 32.2. The second-order valence-electron chi connectivity index (χ2n) is 6.50.